The van der Waals surface area contributed by atoms with E-state index in [0.29, 0.717) is 25.7 Å². The van der Waals surface area contributed by atoms with Gasteiger partial charge in [0.25, 0.3) is 0 Å². The van der Waals surface area contributed by atoms with E-state index >= 15 is 0 Å². The first kappa shape index (κ1) is 30.3. The molecule has 0 spiro atoms. The highest BCUT2D eigenvalue weighted by molar-refractivity contribution is 6.05. The Hall–Kier alpha value is -1.72. The SMILES string of the molecule is CCCCC(CC)(C(=O)CC(C)C)C(=O)OOC(=O)C(CC)(CCCC)C(=O)CC(C)C. The summed E-state index contributed by atoms with van der Waals surface area (Å²) < 4.78 is 0. The number of hydrogen-bond donors (Lipinski definition) is 0. The summed E-state index contributed by atoms with van der Waals surface area (Å²) in [5.74, 6) is -1.84. The van der Waals surface area contributed by atoms with Gasteiger partial charge in [-0.25, -0.2) is 19.4 Å². The topological polar surface area (TPSA) is 86.7 Å². The normalized spacial score (nSPS) is 15.2. The van der Waals surface area contributed by atoms with Gasteiger partial charge in [0.15, 0.2) is 11.6 Å². The van der Waals surface area contributed by atoms with Gasteiger partial charge in [-0.2, -0.15) is 0 Å². The zero-order valence-electron chi connectivity index (χ0n) is 21.7. The summed E-state index contributed by atoms with van der Waals surface area (Å²) in [5.41, 5.74) is -2.67. The fourth-order valence-electron chi connectivity index (χ4n) is 4.07. The molecule has 0 radical (unpaired) electrons. The zero-order valence-corrected chi connectivity index (χ0v) is 21.7. The van der Waals surface area contributed by atoms with E-state index in [-0.39, 0.29) is 49.1 Å². The van der Waals surface area contributed by atoms with Gasteiger partial charge in [0.1, 0.15) is 10.8 Å². The fourth-order valence-corrected chi connectivity index (χ4v) is 4.07. The molecule has 2 unspecified atom stereocenters. The van der Waals surface area contributed by atoms with Crippen LogP contribution in [-0.2, 0) is 29.0 Å². The quantitative estimate of drug-likeness (QED) is 0.152. The Labute approximate surface area is 195 Å². The van der Waals surface area contributed by atoms with Crippen LogP contribution in [0.2, 0.25) is 0 Å². The number of hydrogen-bond acceptors (Lipinski definition) is 6. The summed E-state index contributed by atoms with van der Waals surface area (Å²) >= 11 is 0. The van der Waals surface area contributed by atoms with E-state index in [1.54, 1.807) is 13.8 Å². The molecule has 0 aliphatic rings. The van der Waals surface area contributed by atoms with E-state index < -0.39 is 22.8 Å². The molecule has 0 N–H and O–H groups in total. The second-order valence-corrected chi connectivity index (χ2v) is 9.86. The van der Waals surface area contributed by atoms with Gasteiger partial charge in [0.05, 0.1) is 0 Å². The van der Waals surface area contributed by atoms with E-state index in [1.807, 2.05) is 41.5 Å². The number of carbonyl (C=O) groups is 4. The predicted molar refractivity (Wildman–Crippen MR) is 126 cm³/mol. The van der Waals surface area contributed by atoms with Crippen LogP contribution in [0.5, 0.6) is 0 Å². The minimum absolute atomic E-state index is 0.0980. The van der Waals surface area contributed by atoms with Crippen molar-refractivity contribution in [1.29, 1.82) is 0 Å². The smallest absolute Gasteiger partial charge is 0.298 e. The van der Waals surface area contributed by atoms with Gasteiger partial charge in [-0.1, -0.05) is 81.1 Å². The van der Waals surface area contributed by atoms with Crippen molar-refractivity contribution in [2.45, 2.75) is 120 Å². The van der Waals surface area contributed by atoms with Crippen molar-refractivity contribution in [1.82, 2.24) is 0 Å². The molecule has 186 valence electrons. The third-order valence-corrected chi connectivity index (χ3v) is 6.35. The van der Waals surface area contributed by atoms with Gasteiger partial charge < -0.3 is 0 Å². The highest BCUT2D eigenvalue weighted by Crippen LogP contribution is 2.37. The van der Waals surface area contributed by atoms with Crippen molar-refractivity contribution in [2.75, 3.05) is 0 Å². The maximum Gasteiger partial charge on any atom is 0.368 e. The lowest BCUT2D eigenvalue weighted by atomic mass is 9.74. The molecule has 0 saturated heterocycles. The highest BCUT2D eigenvalue weighted by atomic mass is 17.2. The monoisotopic (exact) mass is 454 g/mol. The van der Waals surface area contributed by atoms with Crippen molar-refractivity contribution in [3.05, 3.63) is 0 Å². The summed E-state index contributed by atoms with van der Waals surface area (Å²) in [5, 5.41) is 0. The Kier molecular flexibility index (Phi) is 13.7. The van der Waals surface area contributed by atoms with E-state index in [4.69, 9.17) is 9.78 Å². The summed E-state index contributed by atoms with van der Waals surface area (Å²) in [6.07, 6.45) is 4.77. The fraction of sp³-hybridized carbons (Fsp3) is 0.846. The molecule has 0 heterocycles. The van der Waals surface area contributed by atoms with Crippen LogP contribution in [0.4, 0.5) is 0 Å². The minimum atomic E-state index is -1.33. The van der Waals surface area contributed by atoms with Crippen LogP contribution in [0.3, 0.4) is 0 Å². The molecular formula is C26H46O6. The molecule has 6 nitrogen and oxygen atoms in total. The first-order chi connectivity index (χ1) is 15.0. The third kappa shape index (κ3) is 8.00. The Morgan fingerprint density at radius 3 is 1.16 bits per heavy atom. The third-order valence-electron chi connectivity index (χ3n) is 6.35. The maximum absolute atomic E-state index is 13.1. The van der Waals surface area contributed by atoms with Crippen molar-refractivity contribution < 1.29 is 29.0 Å². The van der Waals surface area contributed by atoms with Crippen LogP contribution in [0.15, 0.2) is 0 Å². The molecule has 0 aromatic rings. The summed E-state index contributed by atoms with van der Waals surface area (Å²) in [7, 11) is 0. The van der Waals surface area contributed by atoms with Crippen molar-refractivity contribution >= 4 is 23.5 Å². The minimum Gasteiger partial charge on any atom is -0.298 e. The Bertz CT molecular complexity index is 570. The highest BCUT2D eigenvalue weighted by Gasteiger charge is 2.49. The van der Waals surface area contributed by atoms with Gasteiger partial charge in [-0.15, -0.1) is 0 Å². The van der Waals surface area contributed by atoms with Crippen LogP contribution in [0, 0.1) is 22.7 Å². The average molecular weight is 455 g/mol. The van der Waals surface area contributed by atoms with Crippen molar-refractivity contribution in [3.8, 4) is 0 Å². The number of rotatable bonds is 16. The van der Waals surface area contributed by atoms with Crippen molar-refractivity contribution in [3.63, 3.8) is 0 Å². The molecule has 2 atom stereocenters. The van der Waals surface area contributed by atoms with Gasteiger partial charge in [0, 0.05) is 12.8 Å². The Morgan fingerprint density at radius 2 is 0.938 bits per heavy atom. The molecule has 0 bridgehead atoms. The zero-order chi connectivity index (χ0) is 24.9. The van der Waals surface area contributed by atoms with Gasteiger partial charge in [-0.05, 0) is 37.5 Å². The predicted octanol–water partition coefficient (Wildman–Crippen LogP) is 6.39. The van der Waals surface area contributed by atoms with Gasteiger partial charge >= 0.3 is 11.9 Å². The summed E-state index contributed by atoms with van der Waals surface area (Å²) in [6, 6.07) is 0. The van der Waals surface area contributed by atoms with Gasteiger partial charge in [-0.3, -0.25) is 9.59 Å². The molecule has 0 amide bonds. The molecule has 0 aliphatic heterocycles. The molecule has 0 fully saturated rings. The number of carbonyl (C=O) groups excluding carboxylic acids is 4. The molecule has 0 rings (SSSR count). The first-order valence-corrected chi connectivity index (χ1v) is 12.5. The lowest BCUT2D eigenvalue weighted by Crippen LogP contribution is -2.44. The van der Waals surface area contributed by atoms with Crippen molar-refractivity contribution in [2.24, 2.45) is 22.7 Å². The largest absolute Gasteiger partial charge is 0.368 e. The molecule has 0 aromatic carbocycles. The average Bonchev–Trinajstić information content (AvgIpc) is 2.72. The van der Waals surface area contributed by atoms with E-state index in [2.05, 4.69) is 0 Å². The van der Waals surface area contributed by atoms with E-state index in [1.165, 1.54) is 0 Å². The standard InChI is InChI=1S/C26H46O6/c1-9-13-15-25(11-3,21(27)17-19(5)6)23(29)31-32-24(30)26(12-4,16-14-10-2)22(28)18-20(7)8/h19-20H,9-18H2,1-8H3. The number of unbranched alkanes of at least 4 members (excludes halogenated alkanes) is 2. The molecule has 6 heteroatoms. The van der Waals surface area contributed by atoms with E-state index in [0.717, 1.165) is 12.8 Å². The van der Waals surface area contributed by atoms with Crippen LogP contribution in [0.25, 0.3) is 0 Å². The van der Waals surface area contributed by atoms with Crippen LogP contribution < -0.4 is 0 Å². The second-order valence-electron chi connectivity index (χ2n) is 9.86. The Balaban J connectivity index is 5.75. The molecule has 0 aliphatic carbocycles. The molecule has 32 heavy (non-hydrogen) atoms. The van der Waals surface area contributed by atoms with Crippen LogP contribution in [0.1, 0.15) is 120 Å². The van der Waals surface area contributed by atoms with Crippen LogP contribution in [-0.4, -0.2) is 23.5 Å². The Morgan fingerprint density at radius 1 is 0.625 bits per heavy atom. The molecule has 0 aromatic heterocycles. The first-order valence-electron chi connectivity index (χ1n) is 12.5. The molecular weight excluding hydrogens is 408 g/mol. The van der Waals surface area contributed by atoms with Gasteiger partial charge in [0.2, 0.25) is 0 Å². The van der Waals surface area contributed by atoms with E-state index in [9.17, 15) is 19.2 Å². The lowest BCUT2D eigenvalue weighted by Gasteiger charge is -2.31. The number of Topliss-reactive ketones (excluding diaryl/α,β-unsaturated/α-hetero) is 2. The summed E-state index contributed by atoms with van der Waals surface area (Å²) in [6.45, 7) is 15.2. The lowest BCUT2D eigenvalue weighted by molar-refractivity contribution is -0.272. The molecule has 0 saturated carbocycles. The summed E-state index contributed by atoms with van der Waals surface area (Å²) in [4.78, 5) is 62.3. The number of ketones is 2. The van der Waals surface area contributed by atoms with Crippen LogP contribution >= 0.6 is 0 Å². The maximum atomic E-state index is 13.1. The second kappa shape index (κ2) is 14.4.